The molecule has 2 amide bonds. The smallest absolute Gasteiger partial charge is 0.230 e. The molecule has 5 heteroatoms. The van der Waals surface area contributed by atoms with Gasteiger partial charge in [-0.3, -0.25) is 9.59 Å². The number of aryl methyl sites for hydroxylation is 1. The minimum atomic E-state index is -0.283. The molecule has 1 atom stereocenters. The lowest BCUT2D eigenvalue weighted by Gasteiger charge is -2.08. The van der Waals surface area contributed by atoms with Gasteiger partial charge in [0.15, 0.2) is 0 Å². The molecule has 0 bridgehead atoms. The van der Waals surface area contributed by atoms with Crippen molar-refractivity contribution < 1.29 is 9.59 Å². The standard InChI is InChI=1S/C11H13N3O2/c1-7-3-2-4-9(13-7)14-11(16)8-5-10(15)12-6-8/h2-4,8H,5-6H2,1H3,(H,12,15)(H,13,14,16). The van der Waals surface area contributed by atoms with Crippen LogP contribution in [0.2, 0.25) is 0 Å². The molecule has 1 aromatic rings. The predicted molar refractivity (Wildman–Crippen MR) is 58.7 cm³/mol. The van der Waals surface area contributed by atoms with E-state index < -0.39 is 0 Å². The van der Waals surface area contributed by atoms with Gasteiger partial charge in [0, 0.05) is 18.7 Å². The van der Waals surface area contributed by atoms with E-state index in [0.717, 1.165) is 5.69 Å². The number of anilines is 1. The molecule has 1 unspecified atom stereocenters. The Hall–Kier alpha value is -1.91. The van der Waals surface area contributed by atoms with Crippen LogP contribution in [0.1, 0.15) is 12.1 Å². The lowest BCUT2D eigenvalue weighted by Crippen LogP contribution is -2.25. The van der Waals surface area contributed by atoms with Crippen LogP contribution in [-0.2, 0) is 9.59 Å². The molecule has 1 fully saturated rings. The SMILES string of the molecule is Cc1cccc(NC(=O)C2CNC(=O)C2)n1. The molecule has 0 spiro atoms. The summed E-state index contributed by atoms with van der Waals surface area (Å²) in [5.74, 6) is 0.0213. The Kier molecular flexibility index (Phi) is 2.85. The number of carbonyl (C=O) groups is 2. The highest BCUT2D eigenvalue weighted by Gasteiger charge is 2.27. The van der Waals surface area contributed by atoms with Crippen LogP contribution in [0.5, 0.6) is 0 Å². The van der Waals surface area contributed by atoms with Crippen molar-refractivity contribution in [1.82, 2.24) is 10.3 Å². The minimum Gasteiger partial charge on any atom is -0.355 e. The van der Waals surface area contributed by atoms with Gasteiger partial charge < -0.3 is 10.6 Å². The van der Waals surface area contributed by atoms with Gasteiger partial charge in [0.05, 0.1) is 5.92 Å². The third kappa shape index (κ3) is 2.36. The molecule has 2 N–H and O–H groups in total. The molecule has 1 aliphatic heterocycles. The van der Waals surface area contributed by atoms with Gasteiger partial charge in [-0.05, 0) is 19.1 Å². The first-order chi connectivity index (χ1) is 7.65. The van der Waals surface area contributed by atoms with Gasteiger partial charge in [0.2, 0.25) is 11.8 Å². The van der Waals surface area contributed by atoms with Crippen LogP contribution in [0, 0.1) is 12.8 Å². The maximum atomic E-state index is 11.7. The van der Waals surface area contributed by atoms with E-state index in [4.69, 9.17) is 0 Å². The fourth-order valence-corrected chi connectivity index (χ4v) is 1.63. The van der Waals surface area contributed by atoms with E-state index >= 15 is 0 Å². The van der Waals surface area contributed by atoms with Gasteiger partial charge in [-0.15, -0.1) is 0 Å². The Bertz CT molecular complexity index is 431. The van der Waals surface area contributed by atoms with Crippen molar-refractivity contribution in [1.29, 1.82) is 0 Å². The van der Waals surface area contributed by atoms with E-state index in [0.29, 0.717) is 12.4 Å². The Labute approximate surface area is 93.3 Å². The number of hydrogen-bond acceptors (Lipinski definition) is 3. The molecular formula is C11H13N3O2. The molecule has 2 rings (SSSR count). The molecule has 2 heterocycles. The van der Waals surface area contributed by atoms with Gasteiger partial charge in [-0.2, -0.15) is 0 Å². The zero-order valence-electron chi connectivity index (χ0n) is 8.99. The van der Waals surface area contributed by atoms with Crippen LogP contribution in [0.15, 0.2) is 18.2 Å². The highest BCUT2D eigenvalue weighted by molar-refractivity contribution is 5.96. The third-order valence-corrected chi connectivity index (χ3v) is 2.49. The van der Waals surface area contributed by atoms with Crippen molar-refractivity contribution in [3.05, 3.63) is 23.9 Å². The van der Waals surface area contributed by atoms with E-state index in [9.17, 15) is 9.59 Å². The number of hydrogen-bond donors (Lipinski definition) is 2. The van der Waals surface area contributed by atoms with Crippen LogP contribution < -0.4 is 10.6 Å². The van der Waals surface area contributed by atoms with Crippen molar-refractivity contribution in [2.75, 3.05) is 11.9 Å². The summed E-state index contributed by atoms with van der Waals surface area (Å²) in [6.07, 6.45) is 0.262. The number of pyridine rings is 1. The van der Waals surface area contributed by atoms with E-state index in [1.807, 2.05) is 19.1 Å². The molecule has 1 aliphatic rings. The maximum absolute atomic E-state index is 11.7. The van der Waals surface area contributed by atoms with Crippen molar-refractivity contribution >= 4 is 17.6 Å². The molecule has 84 valence electrons. The number of amides is 2. The molecule has 1 aromatic heterocycles. The first-order valence-corrected chi connectivity index (χ1v) is 5.16. The lowest BCUT2D eigenvalue weighted by atomic mass is 10.1. The lowest BCUT2D eigenvalue weighted by molar-refractivity contribution is -0.123. The Balaban J connectivity index is 1.99. The maximum Gasteiger partial charge on any atom is 0.230 e. The van der Waals surface area contributed by atoms with Crippen LogP contribution in [0.25, 0.3) is 0 Å². The zero-order chi connectivity index (χ0) is 11.5. The summed E-state index contributed by atoms with van der Waals surface area (Å²) in [7, 11) is 0. The van der Waals surface area contributed by atoms with Gasteiger partial charge in [0.1, 0.15) is 5.82 Å². The average molecular weight is 219 g/mol. The molecule has 16 heavy (non-hydrogen) atoms. The first kappa shape index (κ1) is 10.6. The number of carbonyl (C=O) groups excluding carboxylic acids is 2. The topological polar surface area (TPSA) is 71.1 Å². The second-order valence-electron chi connectivity index (χ2n) is 3.86. The molecule has 0 saturated carbocycles. The van der Waals surface area contributed by atoms with Crippen LogP contribution >= 0.6 is 0 Å². The summed E-state index contributed by atoms with van der Waals surface area (Å²) in [6, 6.07) is 5.42. The Morgan fingerprint density at radius 1 is 1.56 bits per heavy atom. The second-order valence-corrected chi connectivity index (χ2v) is 3.86. The van der Waals surface area contributed by atoms with Gasteiger partial charge in [-0.25, -0.2) is 4.98 Å². The number of rotatable bonds is 2. The highest BCUT2D eigenvalue weighted by Crippen LogP contribution is 2.12. The van der Waals surface area contributed by atoms with E-state index in [2.05, 4.69) is 15.6 Å². The average Bonchev–Trinajstić information content (AvgIpc) is 2.65. The summed E-state index contributed by atoms with van der Waals surface area (Å²) in [6.45, 7) is 2.27. The molecule has 0 aliphatic carbocycles. The number of nitrogens with one attached hydrogen (secondary N) is 2. The molecule has 1 saturated heterocycles. The van der Waals surface area contributed by atoms with Gasteiger partial charge in [-0.1, -0.05) is 6.07 Å². The largest absolute Gasteiger partial charge is 0.355 e. The highest BCUT2D eigenvalue weighted by atomic mass is 16.2. The fourth-order valence-electron chi connectivity index (χ4n) is 1.63. The van der Waals surface area contributed by atoms with Crippen molar-refractivity contribution in [2.24, 2.45) is 5.92 Å². The van der Waals surface area contributed by atoms with Crippen molar-refractivity contribution in [2.45, 2.75) is 13.3 Å². The summed E-state index contributed by atoms with van der Waals surface area (Å²) < 4.78 is 0. The summed E-state index contributed by atoms with van der Waals surface area (Å²) >= 11 is 0. The summed E-state index contributed by atoms with van der Waals surface area (Å²) in [4.78, 5) is 26.9. The first-order valence-electron chi connectivity index (χ1n) is 5.16. The normalized spacial score (nSPS) is 19.3. The zero-order valence-corrected chi connectivity index (χ0v) is 8.99. The van der Waals surface area contributed by atoms with Gasteiger partial charge in [0.25, 0.3) is 0 Å². The van der Waals surface area contributed by atoms with Gasteiger partial charge >= 0.3 is 0 Å². The molecular weight excluding hydrogens is 206 g/mol. The Morgan fingerprint density at radius 3 is 3.00 bits per heavy atom. The fraction of sp³-hybridized carbons (Fsp3) is 0.364. The van der Waals surface area contributed by atoms with E-state index in [-0.39, 0.29) is 24.2 Å². The van der Waals surface area contributed by atoms with Crippen molar-refractivity contribution in [3.63, 3.8) is 0 Å². The minimum absolute atomic E-state index is 0.0719. The van der Waals surface area contributed by atoms with E-state index in [1.54, 1.807) is 6.07 Å². The molecule has 5 nitrogen and oxygen atoms in total. The summed E-state index contributed by atoms with van der Waals surface area (Å²) in [5.41, 5.74) is 0.846. The van der Waals surface area contributed by atoms with Crippen LogP contribution in [0.4, 0.5) is 5.82 Å². The number of aromatic nitrogens is 1. The van der Waals surface area contributed by atoms with Crippen LogP contribution in [-0.4, -0.2) is 23.3 Å². The second kappa shape index (κ2) is 4.30. The number of nitrogens with zero attached hydrogens (tertiary/aromatic N) is 1. The molecule has 0 radical (unpaired) electrons. The van der Waals surface area contributed by atoms with Crippen LogP contribution in [0.3, 0.4) is 0 Å². The van der Waals surface area contributed by atoms with Crippen molar-refractivity contribution in [3.8, 4) is 0 Å². The summed E-state index contributed by atoms with van der Waals surface area (Å²) in [5, 5.41) is 5.33. The monoisotopic (exact) mass is 219 g/mol. The quantitative estimate of drug-likeness (QED) is 0.759. The Morgan fingerprint density at radius 2 is 2.38 bits per heavy atom. The van der Waals surface area contributed by atoms with E-state index in [1.165, 1.54) is 0 Å². The molecule has 0 aromatic carbocycles. The third-order valence-electron chi connectivity index (χ3n) is 2.49. The predicted octanol–water partition coefficient (Wildman–Crippen LogP) is 0.465.